The second-order valence-corrected chi connectivity index (χ2v) is 4.82. The van der Waals surface area contributed by atoms with Crippen molar-refractivity contribution < 1.29 is 0 Å². The Kier molecular flexibility index (Phi) is 3.30. The molecule has 1 aromatic heterocycles. The van der Waals surface area contributed by atoms with Gasteiger partial charge in [-0.15, -0.1) is 0 Å². The molecule has 1 fully saturated rings. The number of pyridine rings is 1. The van der Waals surface area contributed by atoms with E-state index in [9.17, 15) is 0 Å². The summed E-state index contributed by atoms with van der Waals surface area (Å²) in [6.07, 6.45) is 1.11. The number of aryl methyl sites for hydroxylation is 1. The van der Waals surface area contributed by atoms with Crippen LogP contribution in [0, 0.1) is 24.2 Å². The predicted molar refractivity (Wildman–Crippen MR) is 67.7 cm³/mol. The van der Waals surface area contributed by atoms with Crippen LogP contribution in [0.2, 0.25) is 0 Å². The van der Waals surface area contributed by atoms with Crippen LogP contribution in [0.15, 0.2) is 12.1 Å². The van der Waals surface area contributed by atoms with Gasteiger partial charge in [0.15, 0.2) is 0 Å². The highest BCUT2D eigenvalue weighted by Gasteiger charge is 2.26. The highest BCUT2D eigenvalue weighted by atomic mass is 15.2. The Morgan fingerprint density at radius 3 is 2.94 bits per heavy atom. The maximum Gasteiger partial charge on any atom is 0.130 e. The molecule has 1 saturated heterocycles. The van der Waals surface area contributed by atoms with E-state index >= 15 is 0 Å². The van der Waals surface area contributed by atoms with Crippen LogP contribution in [0.25, 0.3) is 0 Å². The summed E-state index contributed by atoms with van der Waals surface area (Å²) in [6, 6.07) is 6.06. The SMILES string of the molecule is Cc1cc(C#N)cc(N2CCC(C(C)N)C2)n1. The van der Waals surface area contributed by atoms with Crippen molar-refractivity contribution in [3.05, 3.63) is 23.4 Å². The first kappa shape index (κ1) is 11.9. The van der Waals surface area contributed by atoms with Crippen LogP contribution in [0.1, 0.15) is 24.6 Å². The number of nitrogens with two attached hydrogens (primary N) is 1. The Labute approximate surface area is 102 Å². The summed E-state index contributed by atoms with van der Waals surface area (Å²) in [7, 11) is 0. The molecule has 4 nitrogen and oxygen atoms in total. The second-order valence-electron chi connectivity index (χ2n) is 4.82. The Hall–Kier alpha value is -1.60. The molecular weight excluding hydrogens is 212 g/mol. The maximum atomic E-state index is 8.95. The molecule has 2 heterocycles. The zero-order valence-corrected chi connectivity index (χ0v) is 10.3. The van der Waals surface area contributed by atoms with Gasteiger partial charge in [0, 0.05) is 24.8 Å². The van der Waals surface area contributed by atoms with Gasteiger partial charge in [-0.3, -0.25) is 0 Å². The van der Waals surface area contributed by atoms with Gasteiger partial charge in [0.05, 0.1) is 11.6 Å². The van der Waals surface area contributed by atoms with E-state index in [0.717, 1.165) is 31.0 Å². The van der Waals surface area contributed by atoms with Crippen molar-refractivity contribution in [2.24, 2.45) is 11.7 Å². The van der Waals surface area contributed by atoms with E-state index in [4.69, 9.17) is 11.0 Å². The third-order valence-corrected chi connectivity index (χ3v) is 3.36. The standard InChI is InChI=1S/C13H18N4/c1-9-5-11(7-14)6-13(16-9)17-4-3-12(8-17)10(2)15/h5-6,10,12H,3-4,8,15H2,1-2H3. The van der Waals surface area contributed by atoms with Gasteiger partial charge in [0.2, 0.25) is 0 Å². The molecule has 0 aromatic carbocycles. The molecule has 2 atom stereocenters. The van der Waals surface area contributed by atoms with Crippen LogP contribution in [-0.2, 0) is 0 Å². The molecule has 0 saturated carbocycles. The van der Waals surface area contributed by atoms with Crippen molar-refractivity contribution in [1.82, 2.24) is 4.98 Å². The molecule has 0 radical (unpaired) electrons. The Morgan fingerprint density at radius 2 is 2.35 bits per heavy atom. The summed E-state index contributed by atoms with van der Waals surface area (Å²) in [6.45, 7) is 5.90. The number of hydrogen-bond acceptors (Lipinski definition) is 4. The molecule has 0 spiro atoms. The van der Waals surface area contributed by atoms with Crippen LogP contribution in [0.5, 0.6) is 0 Å². The smallest absolute Gasteiger partial charge is 0.130 e. The maximum absolute atomic E-state index is 8.95. The molecule has 0 aliphatic carbocycles. The largest absolute Gasteiger partial charge is 0.356 e. The third kappa shape index (κ3) is 2.56. The van der Waals surface area contributed by atoms with E-state index in [1.807, 2.05) is 19.1 Å². The van der Waals surface area contributed by atoms with E-state index < -0.39 is 0 Å². The lowest BCUT2D eigenvalue weighted by atomic mass is 10.0. The van der Waals surface area contributed by atoms with Crippen molar-refractivity contribution in [1.29, 1.82) is 5.26 Å². The van der Waals surface area contributed by atoms with Gasteiger partial charge in [0.25, 0.3) is 0 Å². The van der Waals surface area contributed by atoms with Crippen molar-refractivity contribution >= 4 is 5.82 Å². The third-order valence-electron chi connectivity index (χ3n) is 3.36. The van der Waals surface area contributed by atoms with Crippen molar-refractivity contribution in [3.63, 3.8) is 0 Å². The fourth-order valence-electron chi connectivity index (χ4n) is 2.30. The average molecular weight is 230 g/mol. The van der Waals surface area contributed by atoms with Crippen molar-refractivity contribution in [2.75, 3.05) is 18.0 Å². The first-order valence-corrected chi connectivity index (χ1v) is 5.99. The first-order valence-electron chi connectivity index (χ1n) is 5.99. The summed E-state index contributed by atoms with van der Waals surface area (Å²) < 4.78 is 0. The van der Waals surface area contributed by atoms with Crippen LogP contribution in [0.3, 0.4) is 0 Å². The van der Waals surface area contributed by atoms with Gasteiger partial charge in [-0.05, 0) is 38.3 Å². The number of nitriles is 1. The summed E-state index contributed by atoms with van der Waals surface area (Å²) in [4.78, 5) is 6.72. The average Bonchev–Trinajstić information content (AvgIpc) is 2.77. The van der Waals surface area contributed by atoms with Crippen LogP contribution in [-0.4, -0.2) is 24.1 Å². The molecule has 2 rings (SSSR count). The second kappa shape index (κ2) is 4.72. The highest BCUT2D eigenvalue weighted by molar-refractivity contribution is 5.47. The van der Waals surface area contributed by atoms with Crippen LogP contribution in [0.4, 0.5) is 5.82 Å². The highest BCUT2D eigenvalue weighted by Crippen LogP contribution is 2.24. The summed E-state index contributed by atoms with van der Waals surface area (Å²) in [5.41, 5.74) is 7.49. The minimum atomic E-state index is 0.222. The molecular formula is C13H18N4. The predicted octanol–water partition coefficient (Wildman–Crippen LogP) is 1.44. The van der Waals surface area contributed by atoms with E-state index in [0.29, 0.717) is 11.5 Å². The molecule has 1 aliphatic heterocycles. The van der Waals surface area contributed by atoms with Gasteiger partial charge in [-0.25, -0.2) is 4.98 Å². The van der Waals surface area contributed by atoms with Gasteiger partial charge in [0.1, 0.15) is 5.82 Å². The Bertz CT molecular complexity index is 447. The van der Waals surface area contributed by atoms with Gasteiger partial charge >= 0.3 is 0 Å². The minimum Gasteiger partial charge on any atom is -0.356 e. The first-order chi connectivity index (χ1) is 8.10. The molecule has 1 aliphatic rings. The lowest BCUT2D eigenvalue weighted by molar-refractivity contribution is 0.488. The molecule has 2 unspecified atom stereocenters. The zero-order valence-electron chi connectivity index (χ0n) is 10.3. The normalized spacial score (nSPS) is 21.3. The van der Waals surface area contributed by atoms with E-state index in [-0.39, 0.29) is 6.04 Å². The van der Waals surface area contributed by atoms with Crippen LogP contribution >= 0.6 is 0 Å². The number of nitrogens with zero attached hydrogens (tertiary/aromatic N) is 3. The molecule has 4 heteroatoms. The summed E-state index contributed by atoms with van der Waals surface area (Å²) in [5.74, 6) is 1.44. The number of anilines is 1. The molecule has 1 aromatic rings. The van der Waals surface area contributed by atoms with Crippen molar-refractivity contribution in [3.8, 4) is 6.07 Å². The zero-order chi connectivity index (χ0) is 12.4. The number of rotatable bonds is 2. The lowest BCUT2D eigenvalue weighted by Crippen LogP contribution is -2.30. The van der Waals surface area contributed by atoms with E-state index in [2.05, 4.69) is 22.9 Å². The number of hydrogen-bond donors (Lipinski definition) is 1. The number of aromatic nitrogens is 1. The molecule has 0 amide bonds. The van der Waals surface area contributed by atoms with Gasteiger partial charge < -0.3 is 10.6 Å². The quantitative estimate of drug-likeness (QED) is 0.834. The molecule has 17 heavy (non-hydrogen) atoms. The summed E-state index contributed by atoms with van der Waals surface area (Å²) >= 11 is 0. The molecule has 90 valence electrons. The van der Waals surface area contributed by atoms with Crippen LogP contribution < -0.4 is 10.6 Å². The monoisotopic (exact) mass is 230 g/mol. The van der Waals surface area contributed by atoms with Gasteiger partial charge in [-0.1, -0.05) is 0 Å². The van der Waals surface area contributed by atoms with Gasteiger partial charge in [-0.2, -0.15) is 5.26 Å². The van der Waals surface area contributed by atoms with Crippen molar-refractivity contribution in [2.45, 2.75) is 26.3 Å². The minimum absolute atomic E-state index is 0.222. The Morgan fingerprint density at radius 1 is 1.59 bits per heavy atom. The molecule has 0 bridgehead atoms. The molecule has 2 N–H and O–H groups in total. The topological polar surface area (TPSA) is 65.9 Å². The van der Waals surface area contributed by atoms with E-state index in [1.165, 1.54) is 0 Å². The fourth-order valence-corrected chi connectivity index (χ4v) is 2.30. The lowest BCUT2D eigenvalue weighted by Gasteiger charge is -2.19. The van der Waals surface area contributed by atoms with E-state index in [1.54, 1.807) is 0 Å². The summed E-state index contributed by atoms with van der Waals surface area (Å²) in [5, 5.41) is 8.95. The fraction of sp³-hybridized carbons (Fsp3) is 0.538. The Balaban J connectivity index is 2.19.